The van der Waals surface area contributed by atoms with Gasteiger partial charge in [0.2, 0.25) is 0 Å². The van der Waals surface area contributed by atoms with Crippen molar-refractivity contribution < 1.29 is 9.90 Å². The second-order valence-corrected chi connectivity index (χ2v) is 8.38. The lowest BCUT2D eigenvalue weighted by atomic mass is 9.47. The van der Waals surface area contributed by atoms with Gasteiger partial charge < -0.3 is 5.11 Å². The molecule has 0 saturated heterocycles. The zero-order valence-electron chi connectivity index (χ0n) is 13.3. The van der Waals surface area contributed by atoms with Crippen LogP contribution in [0.1, 0.15) is 58.8 Å². The molecule has 0 aliphatic heterocycles. The van der Waals surface area contributed by atoms with E-state index in [4.69, 9.17) is 0 Å². The number of aliphatic hydroxyl groups is 1. The maximum absolute atomic E-state index is 11.8. The molecule has 0 unspecified atom stereocenters. The monoisotopic (exact) mass is 287 g/mol. The Bertz CT molecular complexity index is 508. The molecule has 0 amide bonds. The number of rotatable bonds is 0. The second kappa shape index (κ2) is 4.44. The van der Waals surface area contributed by atoms with Gasteiger partial charge in [-0.2, -0.15) is 0 Å². The van der Waals surface area contributed by atoms with E-state index >= 15 is 0 Å². The average Bonchev–Trinajstić information content (AvgIpc) is 2.76. The summed E-state index contributed by atoms with van der Waals surface area (Å²) in [7, 11) is 0. The van der Waals surface area contributed by atoms with Crippen molar-refractivity contribution in [3.05, 3.63) is 18.1 Å². The highest BCUT2D eigenvalue weighted by atomic mass is 16.3. The molecule has 21 heavy (non-hydrogen) atoms. The third-order valence-corrected chi connectivity index (χ3v) is 7.66. The molecule has 2 nitrogen and oxygen atoms in total. The largest absolute Gasteiger partial charge is 0.393 e. The van der Waals surface area contributed by atoms with Gasteiger partial charge in [0.15, 0.2) is 5.78 Å². The highest BCUT2D eigenvalue weighted by Gasteiger charge is 2.58. The minimum atomic E-state index is -0.0925. The van der Waals surface area contributed by atoms with E-state index in [0.717, 1.165) is 25.2 Å². The molecule has 2 heteroatoms. The van der Waals surface area contributed by atoms with Crippen LogP contribution in [0.25, 0.3) is 0 Å². The molecule has 0 aromatic carbocycles. The predicted molar refractivity (Wildman–Crippen MR) is 82.4 cm³/mol. The van der Waals surface area contributed by atoms with Gasteiger partial charge in [0.25, 0.3) is 0 Å². The molecule has 0 aromatic rings. The minimum Gasteiger partial charge on any atom is -0.393 e. The molecule has 3 saturated carbocycles. The van der Waals surface area contributed by atoms with Gasteiger partial charge in [-0.15, -0.1) is 0 Å². The van der Waals surface area contributed by atoms with Crippen LogP contribution in [0.3, 0.4) is 0 Å². The van der Waals surface area contributed by atoms with E-state index in [1.807, 2.05) is 6.08 Å². The Morgan fingerprint density at radius 3 is 2.76 bits per heavy atom. The van der Waals surface area contributed by atoms with Gasteiger partial charge in [-0.05, 0) is 79.6 Å². The molecule has 6 atom stereocenters. The second-order valence-electron chi connectivity index (χ2n) is 8.38. The lowest BCUT2D eigenvalue weighted by molar-refractivity contribution is -0.115. The number of aliphatic hydroxyl groups excluding tert-OH is 1. The molecule has 4 rings (SSSR count). The molecule has 1 radical (unpaired) electrons. The topological polar surface area (TPSA) is 37.3 Å². The normalized spacial score (nSPS) is 52.7. The van der Waals surface area contributed by atoms with E-state index in [2.05, 4.69) is 20.3 Å². The van der Waals surface area contributed by atoms with E-state index in [9.17, 15) is 9.90 Å². The summed E-state index contributed by atoms with van der Waals surface area (Å²) in [6, 6.07) is 0. The summed E-state index contributed by atoms with van der Waals surface area (Å²) < 4.78 is 0. The number of carbonyl (C=O) groups is 1. The Balaban J connectivity index is 1.69. The molecule has 0 aromatic heterocycles. The highest BCUT2D eigenvalue weighted by Crippen LogP contribution is 2.64. The molecule has 3 fully saturated rings. The van der Waals surface area contributed by atoms with E-state index < -0.39 is 0 Å². The summed E-state index contributed by atoms with van der Waals surface area (Å²) in [4.78, 5) is 11.8. The zero-order valence-corrected chi connectivity index (χ0v) is 13.3. The fourth-order valence-electron chi connectivity index (χ4n) is 6.31. The summed E-state index contributed by atoms with van der Waals surface area (Å²) in [5, 5.41) is 10.4. The summed E-state index contributed by atoms with van der Waals surface area (Å²) in [6.07, 6.45) is 11.7. The minimum absolute atomic E-state index is 0.0925. The van der Waals surface area contributed by atoms with Crippen LogP contribution in [0.4, 0.5) is 0 Å². The van der Waals surface area contributed by atoms with Gasteiger partial charge >= 0.3 is 0 Å². The smallest absolute Gasteiger partial charge is 0.155 e. The molecular formula is C19H27O2. The first kappa shape index (κ1) is 14.0. The van der Waals surface area contributed by atoms with Crippen LogP contribution < -0.4 is 0 Å². The van der Waals surface area contributed by atoms with E-state index in [1.54, 1.807) is 0 Å². The Morgan fingerprint density at radius 2 is 1.95 bits per heavy atom. The summed E-state index contributed by atoms with van der Waals surface area (Å²) in [6.45, 7) is 4.70. The fourth-order valence-corrected chi connectivity index (χ4v) is 6.31. The zero-order chi connectivity index (χ0) is 14.8. The van der Waals surface area contributed by atoms with Crippen molar-refractivity contribution in [3.63, 3.8) is 0 Å². The molecule has 4 aliphatic rings. The third-order valence-electron chi connectivity index (χ3n) is 7.66. The lowest BCUT2D eigenvalue weighted by Crippen LogP contribution is -2.51. The Labute approximate surface area is 128 Å². The summed E-state index contributed by atoms with van der Waals surface area (Å²) >= 11 is 0. The maximum atomic E-state index is 11.8. The molecular weight excluding hydrogens is 260 g/mol. The number of ketones is 1. The van der Waals surface area contributed by atoms with Crippen molar-refractivity contribution in [2.24, 2.45) is 28.6 Å². The van der Waals surface area contributed by atoms with Crippen LogP contribution in [0.15, 0.2) is 11.6 Å². The van der Waals surface area contributed by atoms with Crippen LogP contribution in [-0.4, -0.2) is 17.0 Å². The van der Waals surface area contributed by atoms with Crippen LogP contribution in [0.5, 0.6) is 0 Å². The SMILES string of the molecule is C[C@]12CC[C@H]3[C@@H](CCC4=CC(=O)C[CH][C@@]43C)[C@@H]1CC[C@@H]2O. The van der Waals surface area contributed by atoms with Crippen LogP contribution in [0.2, 0.25) is 0 Å². The number of carbonyl (C=O) groups excluding carboxylic acids is 1. The van der Waals surface area contributed by atoms with Crippen molar-refractivity contribution in [2.75, 3.05) is 0 Å². The van der Waals surface area contributed by atoms with E-state index in [-0.39, 0.29) is 22.7 Å². The Kier molecular flexibility index (Phi) is 2.96. The van der Waals surface area contributed by atoms with Crippen molar-refractivity contribution in [3.8, 4) is 0 Å². The first-order valence-corrected chi connectivity index (χ1v) is 8.71. The molecule has 1 N–H and O–H groups in total. The Morgan fingerprint density at radius 1 is 1.14 bits per heavy atom. The molecule has 0 spiro atoms. The predicted octanol–water partition coefficient (Wildman–Crippen LogP) is 3.69. The first-order valence-electron chi connectivity index (χ1n) is 8.71. The lowest BCUT2D eigenvalue weighted by Gasteiger charge is -2.57. The average molecular weight is 287 g/mol. The first-order chi connectivity index (χ1) is 9.95. The molecule has 0 heterocycles. The fraction of sp³-hybridized carbons (Fsp3) is 0.789. The van der Waals surface area contributed by atoms with Gasteiger partial charge in [0.05, 0.1) is 6.10 Å². The van der Waals surface area contributed by atoms with Gasteiger partial charge in [-0.1, -0.05) is 19.4 Å². The summed E-state index contributed by atoms with van der Waals surface area (Å²) in [5.41, 5.74) is 1.69. The van der Waals surface area contributed by atoms with Crippen molar-refractivity contribution >= 4 is 5.78 Å². The molecule has 4 aliphatic carbocycles. The van der Waals surface area contributed by atoms with Gasteiger partial charge in [-0.25, -0.2) is 0 Å². The summed E-state index contributed by atoms with van der Waals surface area (Å²) in [5.74, 6) is 2.41. The van der Waals surface area contributed by atoms with Gasteiger partial charge in [-0.3, -0.25) is 4.79 Å². The number of fused-ring (bicyclic) bond motifs is 5. The maximum Gasteiger partial charge on any atom is 0.155 e. The molecule has 115 valence electrons. The quantitative estimate of drug-likeness (QED) is 0.737. The van der Waals surface area contributed by atoms with Crippen molar-refractivity contribution in [2.45, 2.75) is 64.9 Å². The van der Waals surface area contributed by atoms with Gasteiger partial charge in [0, 0.05) is 6.42 Å². The van der Waals surface area contributed by atoms with Crippen LogP contribution in [0, 0.1) is 35.0 Å². The van der Waals surface area contributed by atoms with Crippen molar-refractivity contribution in [1.29, 1.82) is 0 Å². The van der Waals surface area contributed by atoms with E-state index in [0.29, 0.717) is 18.3 Å². The standard InChI is InChI=1S/C19H27O2/c1-18-9-7-13(20)11-12(18)3-4-14-15-5-6-17(21)19(15,2)10-8-16(14)18/h9,11,14-17,21H,3-8,10H2,1-2H3/t14-,15-,16-,17-,18-,19-/m0/s1. The highest BCUT2D eigenvalue weighted by molar-refractivity contribution is 5.93. The molecule has 0 bridgehead atoms. The van der Waals surface area contributed by atoms with Crippen molar-refractivity contribution in [1.82, 2.24) is 0 Å². The van der Waals surface area contributed by atoms with Gasteiger partial charge in [0.1, 0.15) is 0 Å². The van der Waals surface area contributed by atoms with E-state index in [1.165, 1.54) is 24.8 Å². The van der Waals surface area contributed by atoms with Crippen LogP contribution in [-0.2, 0) is 4.79 Å². The van der Waals surface area contributed by atoms with Crippen LogP contribution >= 0.6 is 0 Å². The number of allylic oxidation sites excluding steroid dienone is 1. The third kappa shape index (κ3) is 1.78. The number of hydrogen-bond acceptors (Lipinski definition) is 2. The number of hydrogen-bond donors (Lipinski definition) is 1. The Hall–Kier alpha value is -0.630.